The van der Waals surface area contributed by atoms with Crippen LogP contribution in [0.3, 0.4) is 0 Å². The lowest BCUT2D eigenvalue weighted by Crippen LogP contribution is -2.41. The van der Waals surface area contributed by atoms with Crippen LogP contribution in [-0.2, 0) is 17.4 Å². The minimum absolute atomic E-state index is 0.132. The molecule has 138 valence electrons. The van der Waals surface area contributed by atoms with E-state index in [1.54, 1.807) is 30.3 Å². The van der Waals surface area contributed by atoms with Gasteiger partial charge in [0.25, 0.3) is 5.91 Å². The first-order chi connectivity index (χ1) is 12.1. The van der Waals surface area contributed by atoms with Crippen molar-refractivity contribution in [1.29, 1.82) is 0 Å². The van der Waals surface area contributed by atoms with Crippen LogP contribution in [0.5, 0.6) is 0 Å². The van der Waals surface area contributed by atoms with Gasteiger partial charge in [0.1, 0.15) is 17.2 Å². The lowest BCUT2D eigenvalue weighted by Gasteiger charge is -2.17. The molecule has 1 N–H and O–H groups in total. The van der Waals surface area contributed by atoms with Gasteiger partial charge in [0.2, 0.25) is 0 Å². The molecule has 8 heteroatoms. The topological polar surface area (TPSA) is 46.2 Å². The summed E-state index contributed by atoms with van der Waals surface area (Å²) in [5, 5.41) is 2.29. The second-order valence-electron chi connectivity index (χ2n) is 5.64. The Bertz CT molecular complexity index is 795. The van der Waals surface area contributed by atoms with Crippen LogP contribution in [0.15, 0.2) is 42.5 Å². The van der Waals surface area contributed by atoms with Gasteiger partial charge in [0.15, 0.2) is 5.78 Å². The van der Waals surface area contributed by atoms with Crippen molar-refractivity contribution in [2.75, 3.05) is 0 Å². The number of amides is 1. The molecule has 0 aromatic heterocycles. The average Bonchev–Trinajstić information content (AvgIpc) is 2.53. The van der Waals surface area contributed by atoms with Crippen molar-refractivity contribution in [3.05, 3.63) is 70.8 Å². The van der Waals surface area contributed by atoms with Crippen LogP contribution in [0, 0.1) is 11.6 Å². The van der Waals surface area contributed by atoms with Crippen molar-refractivity contribution in [2.24, 2.45) is 0 Å². The van der Waals surface area contributed by atoms with Gasteiger partial charge in [0.05, 0.1) is 6.04 Å². The second-order valence-corrected chi connectivity index (χ2v) is 5.64. The third-order valence-electron chi connectivity index (χ3n) is 3.67. The van der Waals surface area contributed by atoms with Crippen LogP contribution in [-0.4, -0.2) is 17.7 Å². The zero-order chi connectivity index (χ0) is 19.5. The van der Waals surface area contributed by atoms with E-state index in [2.05, 4.69) is 5.32 Å². The van der Waals surface area contributed by atoms with Crippen LogP contribution in [0.25, 0.3) is 0 Å². The van der Waals surface area contributed by atoms with E-state index < -0.39 is 46.7 Å². The van der Waals surface area contributed by atoms with Gasteiger partial charge in [-0.25, -0.2) is 8.78 Å². The summed E-state index contributed by atoms with van der Waals surface area (Å²) in [7, 11) is 0. The molecule has 0 radical (unpaired) electrons. The number of carbonyl (C=O) groups excluding carboxylic acids is 2. The maximum absolute atomic E-state index is 13.6. The number of carbonyl (C=O) groups is 2. The fraction of sp³-hybridized carbons (Fsp3) is 0.222. The number of hydrogen-bond acceptors (Lipinski definition) is 2. The smallest absolute Gasteiger partial charge is 0.342 e. The summed E-state index contributed by atoms with van der Waals surface area (Å²) >= 11 is 0. The van der Waals surface area contributed by atoms with E-state index in [1.807, 2.05) is 0 Å². The molecule has 0 aliphatic carbocycles. The van der Waals surface area contributed by atoms with Gasteiger partial charge in [-0.1, -0.05) is 30.3 Å². The molecule has 26 heavy (non-hydrogen) atoms. The average molecular weight is 371 g/mol. The monoisotopic (exact) mass is 371 g/mol. The quantitative estimate of drug-likeness (QED) is 0.810. The molecule has 0 fully saturated rings. The summed E-state index contributed by atoms with van der Waals surface area (Å²) in [6.45, 7) is 1.22. The minimum atomic E-state index is -5.22. The fourth-order valence-corrected chi connectivity index (χ4v) is 2.36. The molecule has 0 saturated carbocycles. The van der Waals surface area contributed by atoms with Crippen molar-refractivity contribution in [2.45, 2.75) is 25.6 Å². The Morgan fingerprint density at radius 1 is 1.04 bits per heavy atom. The fourth-order valence-electron chi connectivity index (χ4n) is 2.36. The number of rotatable bonds is 5. The molecule has 3 nitrogen and oxygen atoms in total. The van der Waals surface area contributed by atoms with Crippen molar-refractivity contribution < 1.29 is 31.5 Å². The molecule has 0 heterocycles. The summed E-state index contributed by atoms with van der Waals surface area (Å²) in [4.78, 5) is 23.9. The molecule has 1 unspecified atom stereocenters. The maximum Gasteiger partial charge on any atom is 0.422 e. The molecule has 0 aliphatic rings. The highest BCUT2D eigenvalue weighted by molar-refractivity contribution is 5.97. The van der Waals surface area contributed by atoms with E-state index in [1.165, 1.54) is 6.92 Å². The van der Waals surface area contributed by atoms with Crippen molar-refractivity contribution in [3.8, 4) is 0 Å². The third kappa shape index (κ3) is 4.65. The van der Waals surface area contributed by atoms with Crippen LogP contribution in [0.2, 0.25) is 0 Å². The molecular formula is C18H14F5NO2. The van der Waals surface area contributed by atoms with E-state index >= 15 is 0 Å². The second kappa shape index (κ2) is 7.63. The van der Waals surface area contributed by atoms with E-state index in [-0.39, 0.29) is 6.42 Å². The van der Waals surface area contributed by atoms with Crippen LogP contribution >= 0.6 is 0 Å². The third-order valence-corrected chi connectivity index (χ3v) is 3.67. The number of benzene rings is 2. The molecule has 0 saturated heterocycles. The number of halogens is 5. The van der Waals surface area contributed by atoms with Gasteiger partial charge in [-0.05, 0) is 31.0 Å². The van der Waals surface area contributed by atoms with Gasteiger partial charge < -0.3 is 5.32 Å². The molecule has 1 atom stereocenters. The number of hydrogen-bond donors (Lipinski definition) is 1. The molecule has 0 spiro atoms. The zero-order valence-corrected chi connectivity index (χ0v) is 13.5. The van der Waals surface area contributed by atoms with Crippen LogP contribution < -0.4 is 5.32 Å². The molecule has 0 bridgehead atoms. The zero-order valence-electron chi connectivity index (χ0n) is 13.5. The summed E-state index contributed by atoms with van der Waals surface area (Å²) in [5.41, 5.74) is -1.98. The van der Waals surface area contributed by atoms with E-state index in [0.717, 1.165) is 5.56 Å². The Labute approximate surface area is 145 Å². The number of nitrogens with one attached hydrogen (secondary N) is 1. The molecule has 0 aliphatic heterocycles. The van der Waals surface area contributed by atoms with E-state index in [9.17, 15) is 31.5 Å². The first-order valence-corrected chi connectivity index (χ1v) is 7.51. The first-order valence-electron chi connectivity index (χ1n) is 7.51. The van der Waals surface area contributed by atoms with Gasteiger partial charge in [-0.15, -0.1) is 0 Å². The predicted molar refractivity (Wildman–Crippen MR) is 83.4 cm³/mol. The number of alkyl halides is 3. The normalized spacial score (nSPS) is 12.5. The maximum atomic E-state index is 13.6. The Kier molecular flexibility index (Phi) is 5.74. The Hall–Kier alpha value is -2.77. The van der Waals surface area contributed by atoms with Gasteiger partial charge >= 0.3 is 6.18 Å². The molecule has 2 aromatic rings. The van der Waals surface area contributed by atoms with Crippen molar-refractivity contribution in [1.82, 2.24) is 5.32 Å². The van der Waals surface area contributed by atoms with Gasteiger partial charge in [0, 0.05) is 5.56 Å². The highest BCUT2D eigenvalue weighted by Crippen LogP contribution is 2.33. The van der Waals surface area contributed by atoms with Crippen LogP contribution in [0.1, 0.15) is 28.4 Å². The number of ketones is 1. The van der Waals surface area contributed by atoms with Crippen molar-refractivity contribution >= 4 is 11.7 Å². The Morgan fingerprint density at radius 2 is 1.58 bits per heavy atom. The Morgan fingerprint density at radius 3 is 2.04 bits per heavy atom. The highest BCUT2D eigenvalue weighted by Gasteiger charge is 2.38. The lowest BCUT2D eigenvalue weighted by atomic mass is 10.0. The lowest BCUT2D eigenvalue weighted by molar-refractivity contribution is -0.142. The minimum Gasteiger partial charge on any atom is -0.342 e. The number of Topliss-reactive ketones (excluding diaryl/α,β-unsaturated/α-hetero) is 1. The summed E-state index contributed by atoms with van der Waals surface area (Å²) < 4.78 is 64.9. The van der Waals surface area contributed by atoms with Crippen LogP contribution in [0.4, 0.5) is 22.0 Å². The van der Waals surface area contributed by atoms with Gasteiger partial charge in [-0.2, -0.15) is 13.2 Å². The van der Waals surface area contributed by atoms with E-state index in [0.29, 0.717) is 12.1 Å². The summed E-state index contributed by atoms with van der Waals surface area (Å²) in [6.07, 6.45) is -5.09. The SMILES string of the molecule is CC(=O)C(Cc1ccccc1)NC(=O)c1cc(F)c(C(F)(F)F)c(F)c1. The summed E-state index contributed by atoms with van der Waals surface area (Å²) in [5.74, 6) is -5.25. The summed E-state index contributed by atoms with van der Waals surface area (Å²) in [6, 6.07) is 8.27. The van der Waals surface area contributed by atoms with Gasteiger partial charge in [-0.3, -0.25) is 9.59 Å². The first kappa shape index (κ1) is 19.6. The predicted octanol–water partition coefficient (Wildman–Crippen LogP) is 3.91. The molecule has 2 rings (SSSR count). The highest BCUT2D eigenvalue weighted by atomic mass is 19.4. The molecule has 1 amide bonds. The molecule has 2 aromatic carbocycles. The van der Waals surface area contributed by atoms with Crippen molar-refractivity contribution in [3.63, 3.8) is 0 Å². The Balaban J connectivity index is 2.23. The van der Waals surface area contributed by atoms with E-state index in [4.69, 9.17) is 0 Å². The standard InChI is InChI=1S/C18H14F5NO2/c1-10(25)15(7-11-5-3-2-4-6-11)24-17(26)12-8-13(19)16(14(20)9-12)18(21,22)23/h2-6,8-9,15H,7H2,1H3,(H,24,26). The largest absolute Gasteiger partial charge is 0.422 e. The molecular weight excluding hydrogens is 357 g/mol.